The molecule has 0 unspecified atom stereocenters. The van der Waals surface area contributed by atoms with E-state index in [-0.39, 0.29) is 10.8 Å². The summed E-state index contributed by atoms with van der Waals surface area (Å²) in [4.78, 5) is 2.49. The predicted octanol–water partition coefficient (Wildman–Crippen LogP) is 1.80. The van der Waals surface area contributed by atoms with Crippen molar-refractivity contribution < 1.29 is 8.42 Å². The van der Waals surface area contributed by atoms with Gasteiger partial charge in [-0.05, 0) is 38.4 Å². The molecule has 0 amide bonds. The van der Waals surface area contributed by atoms with Gasteiger partial charge in [0.1, 0.15) is 0 Å². The molecule has 5 heteroatoms. The third kappa shape index (κ3) is 2.97. The van der Waals surface area contributed by atoms with Gasteiger partial charge >= 0.3 is 0 Å². The van der Waals surface area contributed by atoms with Crippen LogP contribution in [-0.2, 0) is 9.05 Å². The summed E-state index contributed by atoms with van der Waals surface area (Å²) in [6.07, 6.45) is 1.69. The molecule has 1 aliphatic rings. The van der Waals surface area contributed by atoms with Crippen molar-refractivity contribution in [3.05, 3.63) is 11.5 Å². The van der Waals surface area contributed by atoms with Crippen LogP contribution in [-0.4, -0.2) is 33.0 Å². The van der Waals surface area contributed by atoms with Crippen LogP contribution in [0.4, 0.5) is 0 Å². The van der Waals surface area contributed by atoms with Crippen LogP contribution in [0.2, 0.25) is 0 Å². The van der Waals surface area contributed by atoms with E-state index >= 15 is 0 Å². The average molecular weight is 238 g/mol. The highest BCUT2D eigenvalue weighted by Gasteiger charge is 2.26. The maximum Gasteiger partial charge on any atom is 0.257 e. The lowest BCUT2D eigenvalue weighted by Gasteiger charge is -2.31. The maximum atomic E-state index is 11.0. The van der Waals surface area contributed by atoms with Crippen molar-refractivity contribution in [3.63, 3.8) is 0 Å². The number of hydrogen-bond acceptors (Lipinski definition) is 3. The highest BCUT2D eigenvalue weighted by atomic mass is 35.7. The Balaban J connectivity index is 2.55. The highest BCUT2D eigenvalue weighted by Crippen LogP contribution is 2.28. The summed E-state index contributed by atoms with van der Waals surface area (Å²) in [5.41, 5.74) is 0. The first kappa shape index (κ1) is 12.0. The molecule has 0 saturated carbocycles. The molecule has 0 spiro atoms. The van der Waals surface area contributed by atoms with Crippen LogP contribution in [0.5, 0.6) is 0 Å². The molecule has 82 valence electrons. The van der Waals surface area contributed by atoms with Gasteiger partial charge in [-0.1, -0.05) is 13.5 Å². The van der Waals surface area contributed by atoms with E-state index in [0.29, 0.717) is 0 Å². The number of halogens is 1. The quantitative estimate of drug-likeness (QED) is 0.703. The van der Waals surface area contributed by atoms with Gasteiger partial charge in [0.2, 0.25) is 0 Å². The Hall–Kier alpha value is -0.0600. The Kier molecular flexibility index (Phi) is 3.98. The van der Waals surface area contributed by atoms with Gasteiger partial charge in [0.15, 0.2) is 0 Å². The number of nitrogens with zero attached hydrogens (tertiary/aromatic N) is 1. The molecule has 1 heterocycles. The fraction of sp³-hybridized carbons (Fsp3) is 0.778. The summed E-state index contributed by atoms with van der Waals surface area (Å²) >= 11 is 0. The summed E-state index contributed by atoms with van der Waals surface area (Å²) in [7, 11) is 1.68. The number of likely N-dealkylation sites (tertiary alicyclic amines) is 1. The summed E-state index contributed by atoms with van der Waals surface area (Å²) < 4.78 is 22.1. The van der Waals surface area contributed by atoms with Crippen LogP contribution in [0.15, 0.2) is 11.5 Å². The predicted molar refractivity (Wildman–Crippen MR) is 58.8 cm³/mol. The van der Waals surface area contributed by atoms with E-state index in [1.807, 2.05) is 0 Å². The van der Waals surface area contributed by atoms with Gasteiger partial charge in [0.05, 0.1) is 4.91 Å². The van der Waals surface area contributed by atoms with Crippen LogP contribution in [0.3, 0.4) is 0 Å². The Bertz CT molecular complexity index is 305. The number of piperidine rings is 1. The molecular formula is C9H16ClNO2S. The molecule has 1 saturated heterocycles. The first-order chi connectivity index (χ1) is 6.45. The molecule has 0 bridgehead atoms. The first-order valence-electron chi connectivity index (χ1n) is 4.81. The zero-order chi connectivity index (χ0) is 10.8. The number of allylic oxidation sites excluding steroid dienone is 1. The van der Waals surface area contributed by atoms with Crippen molar-refractivity contribution >= 4 is 19.7 Å². The van der Waals surface area contributed by atoms with Crippen LogP contribution in [0.1, 0.15) is 19.8 Å². The molecule has 0 radical (unpaired) electrons. The van der Waals surface area contributed by atoms with E-state index in [1.54, 1.807) is 0 Å². The molecule has 0 aromatic heterocycles. The number of hydrogen-bond donors (Lipinski definition) is 0. The fourth-order valence-corrected chi connectivity index (χ4v) is 2.78. The van der Waals surface area contributed by atoms with E-state index in [9.17, 15) is 8.42 Å². The van der Waals surface area contributed by atoms with Crippen molar-refractivity contribution in [1.29, 1.82) is 0 Å². The lowest BCUT2D eigenvalue weighted by atomic mass is 9.97. The second kappa shape index (κ2) is 4.64. The zero-order valence-corrected chi connectivity index (χ0v) is 9.94. The van der Waals surface area contributed by atoms with Crippen LogP contribution >= 0.6 is 10.7 Å². The van der Waals surface area contributed by atoms with Gasteiger partial charge in [-0.15, -0.1) is 0 Å². The highest BCUT2D eigenvalue weighted by molar-refractivity contribution is 8.16. The molecule has 1 rings (SSSR count). The summed E-state index contributed by atoms with van der Waals surface area (Å²) in [6.45, 7) is 8.56. The van der Waals surface area contributed by atoms with Gasteiger partial charge in [-0.3, -0.25) is 0 Å². The number of rotatable bonds is 3. The van der Waals surface area contributed by atoms with E-state index in [1.165, 1.54) is 0 Å². The minimum atomic E-state index is -3.57. The van der Waals surface area contributed by atoms with Gasteiger partial charge in [-0.25, -0.2) is 8.42 Å². The van der Waals surface area contributed by atoms with Crippen LogP contribution < -0.4 is 0 Å². The maximum absolute atomic E-state index is 11.0. The molecular weight excluding hydrogens is 222 g/mol. The van der Waals surface area contributed by atoms with Crippen LogP contribution in [0.25, 0.3) is 0 Å². The van der Waals surface area contributed by atoms with Gasteiger partial charge in [0.25, 0.3) is 9.05 Å². The van der Waals surface area contributed by atoms with Crippen molar-refractivity contribution in [1.82, 2.24) is 4.90 Å². The van der Waals surface area contributed by atoms with Crippen molar-refractivity contribution in [3.8, 4) is 0 Å². The third-order valence-electron chi connectivity index (χ3n) is 2.80. The lowest BCUT2D eigenvalue weighted by molar-refractivity contribution is 0.211. The summed E-state index contributed by atoms with van der Waals surface area (Å²) in [5.74, 6) is 0.0419. The Labute approximate surface area is 90.2 Å². The molecule has 0 aliphatic carbocycles. The Morgan fingerprint density at radius 1 is 1.50 bits per heavy atom. The molecule has 1 aliphatic heterocycles. The van der Waals surface area contributed by atoms with Crippen molar-refractivity contribution in [2.75, 3.05) is 19.6 Å². The summed E-state index contributed by atoms with van der Waals surface area (Å²) in [6, 6.07) is 0. The molecule has 3 nitrogen and oxygen atoms in total. The van der Waals surface area contributed by atoms with E-state index in [2.05, 4.69) is 18.4 Å². The molecule has 0 N–H and O–H groups in total. The van der Waals surface area contributed by atoms with Gasteiger partial charge < -0.3 is 4.90 Å². The fourth-order valence-electron chi connectivity index (χ4n) is 1.77. The standard InChI is InChI=1S/C9H16ClNO2S/c1-3-11-6-4-9(5-7-11)8(2)14(10,12)13/h9H,2-7H2,1H3. The van der Waals surface area contributed by atoms with Gasteiger partial charge in [0, 0.05) is 10.7 Å². The first-order valence-corrected chi connectivity index (χ1v) is 7.12. The lowest BCUT2D eigenvalue weighted by Crippen LogP contribution is -2.34. The molecule has 0 atom stereocenters. The second-order valence-corrected chi connectivity index (χ2v) is 6.23. The summed E-state index contributed by atoms with van der Waals surface area (Å²) in [5, 5.41) is 0. The minimum Gasteiger partial charge on any atom is -0.304 e. The molecule has 14 heavy (non-hydrogen) atoms. The average Bonchev–Trinajstić information content (AvgIpc) is 2.15. The molecule has 0 aromatic rings. The largest absolute Gasteiger partial charge is 0.304 e. The topological polar surface area (TPSA) is 37.4 Å². The monoisotopic (exact) mass is 237 g/mol. The van der Waals surface area contributed by atoms with Crippen LogP contribution in [0, 0.1) is 5.92 Å². The second-order valence-electron chi connectivity index (χ2n) is 3.61. The smallest absolute Gasteiger partial charge is 0.257 e. The zero-order valence-electron chi connectivity index (χ0n) is 8.37. The van der Waals surface area contributed by atoms with Crippen molar-refractivity contribution in [2.45, 2.75) is 19.8 Å². The third-order valence-corrected chi connectivity index (χ3v) is 4.36. The van der Waals surface area contributed by atoms with E-state index in [4.69, 9.17) is 10.7 Å². The van der Waals surface area contributed by atoms with Gasteiger partial charge in [-0.2, -0.15) is 0 Å². The normalized spacial score (nSPS) is 21.0. The Morgan fingerprint density at radius 2 is 2.00 bits per heavy atom. The minimum absolute atomic E-state index is 0.0419. The molecule has 1 fully saturated rings. The Morgan fingerprint density at radius 3 is 2.36 bits per heavy atom. The van der Waals surface area contributed by atoms with E-state index < -0.39 is 9.05 Å². The SMILES string of the molecule is C=C(C1CCN(CC)CC1)S(=O)(=O)Cl. The molecule has 0 aromatic carbocycles. The van der Waals surface area contributed by atoms with E-state index in [0.717, 1.165) is 32.5 Å². The van der Waals surface area contributed by atoms with Crippen molar-refractivity contribution in [2.24, 2.45) is 5.92 Å².